The van der Waals surface area contributed by atoms with Crippen molar-refractivity contribution in [1.29, 1.82) is 0 Å². The van der Waals surface area contributed by atoms with E-state index in [-0.39, 0.29) is 17.7 Å². The smallest absolute Gasteiger partial charge is 0.257 e. The molecule has 1 aliphatic heterocycles. The van der Waals surface area contributed by atoms with Gasteiger partial charge in [-0.05, 0) is 42.8 Å². The molecule has 0 aliphatic carbocycles. The summed E-state index contributed by atoms with van der Waals surface area (Å²) < 4.78 is 0.859. The average Bonchev–Trinajstić information content (AvgIpc) is 3.26. The molecule has 0 unspecified atom stereocenters. The highest BCUT2D eigenvalue weighted by atomic mass is 32.1. The maximum atomic E-state index is 12.6. The second-order valence-corrected chi connectivity index (χ2v) is 7.57. The van der Waals surface area contributed by atoms with E-state index in [9.17, 15) is 14.4 Å². The largest absolute Gasteiger partial charge is 0.326 e. The molecule has 0 spiro atoms. The van der Waals surface area contributed by atoms with E-state index in [1.54, 1.807) is 35.2 Å². The molecule has 1 aliphatic rings. The summed E-state index contributed by atoms with van der Waals surface area (Å²) >= 11 is 1.33. The van der Waals surface area contributed by atoms with Crippen LogP contribution in [0.25, 0.3) is 10.2 Å². The van der Waals surface area contributed by atoms with Crippen molar-refractivity contribution in [2.24, 2.45) is 0 Å². The Labute approximate surface area is 165 Å². The third-order valence-corrected chi connectivity index (χ3v) is 5.36. The van der Waals surface area contributed by atoms with Crippen molar-refractivity contribution in [3.8, 4) is 0 Å². The number of fused-ring (bicyclic) bond motifs is 1. The van der Waals surface area contributed by atoms with Gasteiger partial charge in [0.1, 0.15) is 0 Å². The molecule has 28 heavy (non-hydrogen) atoms. The lowest BCUT2D eigenvalue weighted by atomic mass is 10.2. The third-order valence-electron chi connectivity index (χ3n) is 4.42. The quantitative estimate of drug-likeness (QED) is 0.707. The van der Waals surface area contributed by atoms with Crippen molar-refractivity contribution < 1.29 is 14.4 Å². The van der Waals surface area contributed by atoms with Gasteiger partial charge >= 0.3 is 0 Å². The van der Waals surface area contributed by atoms with Crippen LogP contribution in [0.15, 0.2) is 42.5 Å². The Balaban J connectivity index is 1.53. The number of anilines is 3. The third kappa shape index (κ3) is 3.72. The van der Waals surface area contributed by atoms with Gasteiger partial charge in [-0.1, -0.05) is 17.4 Å². The summed E-state index contributed by atoms with van der Waals surface area (Å²) in [6.07, 6.45) is 1.38. The Bertz CT molecular complexity index is 1090. The minimum Gasteiger partial charge on any atom is -0.326 e. The fourth-order valence-electron chi connectivity index (χ4n) is 3.16. The zero-order valence-electron chi connectivity index (χ0n) is 15.2. The molecular weight excluding hydrogens is 376 g/mol. The molecule has 7 nitrogen and oxygen atoms in total. The number of hydrogen-bond acceptors (Lipinski definition) is 5. The van der Waals surface area contributed by atoms with E-state index in [2.05, 4.69) is 15.6 Å². The number of aromatic nitrogens is 1. The predicted molar refractivity (Wildman–Crippen MR) is 110 cm³/mol. The van der Waals surface area contributed by atoms with Gasteiger partial charge in [-0.3, -0.25) is 19.7 Å². The zero-order chi connectivity index (χ0) is 19.7. The molecule has 3 amide bonds. The summed E-state index contributed by atoms with van der Waals surface area (Å²) in [5, 5.41) is 6.02. The van der Waals surface area contributed by atoms with Crippen molar-refractivity contribution in [1.82, 2.24) is 4.98 Å². The van der Waals surface area contributed by atoms with E-state index in [0.717, 1.165) is 22.3 Å². The Morgan fingerprint density at radius 1 is 1.14 bits per heavy atom. The fourth-order valence-corrected chi connectivity index (χ4v) is 4.06. The summed E-state index contributed by atoms with van der Waals surface area (Å²) in [6.45, 7) is 2.13. The molecule has 2 N–H and O–H groups in total. The first kappa shape index (κ1) is 18.1. The number of nitrogens with zero attached hydrogens (tertiary/aromatic N) is 2. The number of amides is 3. The lowest BCUT2D eigenvalue weighted by Gasteiger charge is -2.16. The van der Waals surface area contributed by atoms with E-state index in [1.165, 1.54) is 18.3 Å². The molecule has 3 aromatic rings. The van der Waals surface area contributed by atoms with Gasteiger partial charge in [0, 0.05) is 36.8 Å². The second-order valence-electron chi connectivity index (χ2n) is 6.54. The van der Waals surface area contributed by atoms with Gasteiger partial charge in [0.15, 0.2) is 5.13 Å². The standard InChI is InChI=1S/C20H18N4O3S/c1-12(25)21-14-7-8-16-17(11-14)28-20(22-16)23-19(27)13-4-2-5-15(10-13)24-9-3-6-18(24)26/h2,4-5,7-8,10-11H,3,6,9H2,1H3,(H,21,25)(H,22,23,27). The first-order chi connectivity index (χ1) is 13.5. The average molecular weight is 394 g/mol. The van der Waals surface area contributed by atoms with Gasteiger partial charge in [0.05, 0.1) is 10.2 Å². The fraction of sp³-hybridized carbons (Fsp3) is 0.200. The zero-order valence-corrected chi connectivity index (χ0v) is 16.0. The summed E-state index contributed by atoms with van der Waals surface area (Å²) in [5.74, 6) is -0.345. The number of rotatable bonds is 4. The van der Waals surface area contributed by atoms with Crippen LogP contribution in [0, 0.1) is 0 Å². The number of carbonyl (C=O) groups excluding carboxylic acids is 3. The van der Waals surface area contributed by atoms with Gasteiger partial charge in [0.25, 0.3) is 5.91 Å². The lowest BCUT2D eigenvalue weighted by Crippen LogP contribution is -2.24. The molecule has 0 bridgehead atoms. The van der Waals surface area contributed by atoms with Crippen LogP contribution in [0.4, 0.5) is 16.5 Å². The maximum absolute atomic E-state index is 12.6. The normalized spacial score (nSPS) is 13.8. The molecule has 1 saturated heterocycles. The van der Waals surface area contributed by atoms with Crippen molar-refractivity contribution >= 4 is 55.8 Å². The molecule has 0 saturated carbocycles. The SMILES string of the molecule is CC(=O)Nc1ccc2nc(NC(=O)c3cccc(N4CCCC4=O)c3)sc2c1. The van der Waals surface area contributed by atoms with Gasteiger partial charge < -0.3 is 10.2 Å². The molecule has 142 valence electrons. The van der Waals surface area contributed by atoms with Crippen LogP contribution >= 0.6 is 11.3 Å². The molecule has 8 heteroatoms. The first-order valence-corrected chi connectivity index (χ1v) is 9.71. The molecule has 0 atom stereocenters. The molecule has 0 radical (unpaired) electrons. The highest BCUT2D eigenvalue weighted by molar-refractivity contribution is 7.22. The molecule has 4 rings (SSSR count). The predicted octanol–water partition coefficient (Wildman–Crippen LogP) is 3.63. The van der Waals surface area contributed by atoms with Gasteiger partial charge in [-0.15, -0.1) is 0 Å². The van der Waals surface area contributed by atoms with Crippen LogP contribution in [0.3, 0.4) is 0 Å². The van der Waals surface area contributed by atoms with E-state index in [1.807, 2.05) is 12.1 Å². The topological polar surface area (TPSA) is 91.4 Å². The van der Waals surface area contributed by atoms with Crippen LogP contribution < -0.4 is 15.5 Å². The van der Waals surface area contributed by atoms with E-state index >= 15 is 0 Å². The van der Waals surface area contributed by atoms with Crippen molar-refractivity contribution in [3.05, 3.63) is 48.0 Å². The summed E-state index contributed by atoms with van der Waals surface area (Å²) in [5.41, 5.74) is 2.63. The van der Waals surface area contributed by atoms with Crippen LogP contribution in [0.1, 0.15) is 30.1 Å². The van der Waals surface area contributed by atoms with Crippen LogP contribution in [0.2, 0.25) is 0 Å². The maximum Gasteiger partial charge on any atom is 0.257 e. The molecule has 2 aromatic carbocycles. The second kappa shape index (κ2) is 7.40. The van der Waals surface area contributed by atoms with E-state index in [0.29, 0.717) is 29.3 Å². The number of hydrogen-bond donors (Lipinski definition) is 2. The summed E-state index contributed by atoms with van der Waals surface area (Å²) in [6, 6.07) is 12.4. The van der Waals surface area contributed by atoms with Crippen LogP contribution in [0.5, 0.6) is 0 Å². The summed E-state index contributed by atoms with van der Waals surface area (Å²) in [4.78, 5) is 41.9. The van der Waals surface area contributed by atoms with Crippen LogP contribution in [-0.2, 0) is 9.59 Å². The minimum absolute atomic E-state index is 0.0821. The number of thiazole rings is 1. The van der Waals surface area contributed by atoms with Gasteiger partial charge in [-0.25, -0.2) is 4.98 Å². The lowest BCUT2D eigenvalue weighted by molar-refractivity contribution is -0.117. The van der Waals surface area contributed by atoms with E-state index < -0.39 is 0 Å². The van der Waals surface area contributed by atoms with Gasteiger partial charge in [-0.2, -0.15) is 0 Å². The highest BCUT2D eigenvalue weighted by Gasteiger charge is 2.22. The number of benzene rings is 2. The Kier molecular flexibility index (Phi) is 4.79. The first-order valence-electron chi connectivity index (χ1n) is 8.89. The van der Waals surface area contributed by atoms with Crippen molar-refractivity contribution in [2.45, 2.75) is 19.8 Å². The van der Waals surface area contributed by atoms with Crippen LogP contribution in [-0.4, -0.2) is 29.3 Å². The Morgan fingerprint density at radius 3 is 2.75 bits per heavy atom. The Morgan fingerprint density at radius 2 is 2.00 bits per heavy atom. The monoisotopic (exact) mass is 394 g/mol. The molecule has 1 fully saturated rings. The molecule has 1 aromatic heterocycles. The highest BCUT2D eigenvalue weighted by Crippen LogP contribution is 2.29. The van der Waals surface area contributed by atoms with E-state index in [4.69, 9.17) is 0 Å². The van der Waals surface area contributed by atoms with Gasteiger partial charge in [0.2, 0.25) is 11.8 Å². The molecule has 2 heterocycles. The summed E-state index contributed by atoms with van der Waals surface area (Å²) in [7, 11) is 0. The Hall–Kier alpha value is -3.26. The van der Waals surface area contributed by atoms with Crippen molar-refractivity contribution in [3.63, 3.8) is 0 Å². The number of carbonyl (C=O) groups is 3. The number of nitrogens with one attached hydrogen (secondary N) is 2. The molecular formula is C20H18N4O3S. The minimum atomic E-state index is -0.283. The van der Waals surface area contributed by atoms with Crippen molar-refractivity contribution in [2.75, 3.05) is 22.1 Å².